The van der Waals surface area contributed by atoms with E-state index in [4.69, 9.17) is 10.2 Å². The Labute approximate surface area is 80.9 Å². The van der Waals surface area contributed by atoms with Gasteiger partial charge in [-0.05, 0) is 24.3 Å². The fraction of sp³-hybridized carbons (Fsp3) is 0.111. The minimum absolute atomic E-state index is 0. The summed E-state index contributed by atoms with van der Waals surface area (Å²) in [6, 6.07) is 6.15. The highest BCUT2D eigenvalue weighted by Gasteiger charge is 2.02. The molecule has 2 rings (SSSR count). The molecule has 0 saturated carbocycles. The second-order valence-corrected chi connectivity index (χ2v) is 2.60. The molecule has 1 aromatic heterocycles. The molecule has 4 heteroatoms. The molecule has 0 saturated heterocycles. The standard InChI is InChI=1S/C9H8FNO.ClH/c10-7-1-2-9-6(3-7)4-8(5-11)12-9;/h1-4H,5,11H2;1H. The third kappa shape index (κ3) is 1.82. The number of furan rings is 1. The van der Waals surface area contributed by atoms with Gasteiger partial charge in [0.05, 0.1) is 6.54 Å². The second kappa shape index (κ2) is 3.77. The molecule has 0 fully saturated rings. The van der Waals surface area contributed by atoms with Gasteiger partial charge in [0.1, 0.15) is 17.2 Å². The SMILES string of the molecule is Cl.NCc1cc2cc(F)ccc2o1. The van der Waals surface area contributed by atoms with E-state index in [1.165, 1.54) is 12.1 Å². The Morgan fingerprint density at radius 1 is 1.31 bits per heavy atom. The van der Waals surface area contributed by atoms with Gasteiger partial charge >= 0.3 is 0 Å². The monoisotopic (exact) mass is 201 g/mol. The first-order valence-corrected chi connectivity index (χ1v) is 3.67. The lowest BCUT2D eigenvalue weighted by molar-refractivity contribution is 0.551. The van der Waals surface area contributed by atoms with Crippen molar-refractivity contribution in [2.24, 2.45) is 5.73 Å². The fourth-order valence-corrected chi connectivity index (χ4v) is 1.17. The summed E-state index contributed by atoms with van der Waals surface area (Å²) in [6.45, 7) is 0.344. The van der Waals surface area contributed by atoms with Crippen LogP contribution in [0.15, 0.2) is 28.7 Å². The molecule has 1 aromatic carbocycles. The minimum Gasteiger partial charge on any atom is -0.460 e. The molecular weight excluding hydrogens is 193 g/mol. The van der Waals surface area contributed by atoms with E-state index in [-0.39, 0.29) is 18.2 Å². The Morgan fingerprint density at radius 2 is 2.08 bits per heavy atom. The first kappa shape index (κ1) is 10.0. The summed E-state index contributed by atoms with van der Waals surface area (Å²) >= 11 is 0. The van der Waals surface area contributed by atoms with Crippen LogP contribution in [0.2, 0.25) is 0 Å². The molecule has 0 bridgehead atoms. The summed E-state index contributed by atoms with van der Waals surface area (Å²) in [6.07, 6.45) is 0. The first-order chi connectivity index (χ1) is 5.79. The summed E-state index contributed by atoms with van der Waals surface area (Å²) in [5, 5.41) is 0.760. The van der Waals surface area contributed by atoms with Crippen molar-refractivity contribution >= 4 is 23.4 Å². The quantitative estimate of drug-likeness (QED) is 0.770. The van der Waals surface area contributed by atoms with Gasteiger partial charge in [-0.15, -0.1) is 12.4 Å². The third-order valence-electron chi connectivity index (χ3n) is 1.73. The van der Waals surface area contributed by atoms with Gasteiger partial charge in [-0.2, -0.15) is 0 Å². The number of nitrogens with two attached hydrogens (primary N) is 1. The summed E-state index contributed by atoms with van der Waals surface area (Å²) in [5.74, 6) is 0.419. The van der Waals surface area contributed by atoms with Crippen LogP contribution in [0.4, 0.5) is 4.39 Å². The number of benzene rings is 1. The van der Waals surface area contributed by atoms with E-state index in [0.717, 1.165) is 5.39 Å². The van der Waals surface area contributed by atoms with E-state index < -0.39 is 0 Å². The normalized spacial score (nSPS) is 10.0. The molecule has 0 aliphatic heterocycles. The van der Waals surface area contributed by atoms with E-state index in [2.05, 4.69) is 0 Å². The van der Waals surface area contributed by atoms with Crippen LogP contribution >= 0.6 is 12.4 Å². The lowest BCUT2D eigenvalue weighted by Crippen LogP contribution is -1.92. The van der Waals surface area contributed by atoms with Gasteiger partial charge in [0.25, 0.3) is 0 Å². The lowest BCUT2D eigenvalue weighted by atomic mass is 10.2. The number of hydrogen-bond donors (Lipinski definition) is 1. The van der Waals surface area contributed by atoms with Crippen LogP contribution in [0.1, 0.15) is 5.76 Å². The van der Waals surface area contributed by atoms with E-state index in [0.29, 0.717) is 17.9 Å². The molecular formula is C9H9ClFNO. The van der Waals surface area contributed by atoms with Crippen molar-refractivity contribution in [2.45, 2.75) is 6.54 Å². The van der Waals surface area contributed by atoms with Crippen molar-refractivity contribution in [1.29, 1.82) is 0 Å². The van der Waals surface area contributed by atoms with Crippen LogP contribution in [0.5, 0.6) is 0 Å². The number of rotatable bonds is 1. The van der Waals surface area contributed by atoms with E-state index in [1.807, 2.05) is 0 Å². The van der Waals surface area contributed by atoms with Crippen LogP contribution in [0.3, 0.4) is 0 Å². The molecule has 2 N–H and O–H groups in total. The Morgan fingerprint density at radius 3 is 2.77 bits per heavy atom. The number of hydrogen-bond acceptors (Lipinski definition) is 2. The Balaban J connectivity index is 0.000000845. The van der Waals surface area contributed by atoms with Crippen molar-refractivity contribution in [3.63, 3.8) is 0 Å². The lowest BCUT2D eigenvalue weighted by Gasteiger charge is -1.86. The zero-order chi connectivity index (χ0) is 8.55. The zero-order valence-electron chi connectivity index (χ0n) is 6.79. The van der Waals surface area contributed by atoms with Crippen LogP contribution < -0.4 is 5.73 Å². The summed E-state index contributed by atoms with van der Waals surface area (Å²) < 4.78 is 18.0. The Bertz CT molecular complexity index is 413. The summed E-state index contributed by atoms with van der Waals surface area (Å²) in [7, 11) is 0. The van der Waals surface area contributed by atoms with E-state index >= 15 is 0 Å². The van der Waals surface area contributed by atoms with E-state index in [9.17, 15) is 4.39 Å². The molecule has 0 aliphatic carbocycles. The van der Waals surface area contributed by atoms with Crippen molar-refractivity contribution < 1.29 is 8.81 Å². The largest absolute Gasteiger partial charge is 0.460 e. The summed E-state index contributed by atoms with van der Waals surface area (Å²) in [5.41, 5.74) is 6.04. The van der Waals surface area contributed by atoms with Crippen molar-refractivity contribution in [3.05, 3.63) is 35.8 Å². The van der Waals surface area contributed by atoms with Gasteiger partial charge < -0.3 is 10.2 Å². The average molecular weight is 202 g/mol. The van der Waals surface area contributed by atoms with Gasteiger partial charge in [0, 0.05) is 5.39 Å². The van der Waals surface area contributed by atoms with Crippen LogP contribution in [-0.2, 0) is 6.54 Å². The van der Waals surface area contributed by atoms with Gasteiger partial charge in [-0.25, -0.2) is 4.39 Å². The molecule has 2 nitrogen and oxygen atoms in total. The Hall–Kier alpha value is -1.06. The van der Waals surface area contributed by atoms with Crippen LogP contribution in [0, 0.1) is 5.82 Å². The first-order valence-electron chi connectivity index (χ1n) is 3.67. The van der Waals surface area contributed by atoms with E-state index in [1.54, 1.807) is 12.1 Å². The van der Waals surface area contributed by atoms with Gasteiger partial charge in [0.2, 0.25) is 0 Å². The van der Waals surface area contributed by atoms with Gasteiger partial charge in [0.15, 0.2) is 0 Å². The second-order valence-electron chi connectivity index (χ2n) is 2.60. The molecule has 1 heterocycles. The number of fused-ring (bicyclic) bond motifs is 1. The van der Waals surface area contributed by atoms with Gasteiger partial charge in [-0.1, -0.05) is 0 Å². The maximum absolute atomic E-state index is 12.7. The molecule has 70 valence electrons. The smallest absolute Gasteiger partial charge is 0.134 e. The van der Waals surface area contributed by atoms with Crippen molar-refractivity contribution in [1.82, 2.24) is 0 Å². The minimum atomic E-state index is -0.258. The fourth-order valence-electron chi connectivity index (χ4n) is 1.17. The molecule has 0 amide bonds. The molecule has 0 unspecified atom stereocenters. The highest BCUT2D eigenvalue weighted by atomic mass is 35.5. The van der Waals surface area contributed by atoms with Crippen LogP contribution in [-0.4, -0.2) is 0 Å². The highest BCUT2D eigenvalue weighted by molar-refractivity contribution is 5.85. The van der Waals surface area contributed by atoms with Crippen molar-refractivity contribution in [3.8, 4) is 0 Å². The topological polar surface area (TPSA) is 39.2 Å². The molecule has 13 heavy (non-hydrogen) atoms. The molecule has 0 spiro atoms. The van der Waals surface area contributed by atoms with Gasteiger partial charge in [-0.3, -0.25) is 0 Å². The summed E-state index contributed by atoms with van der Waals surface area (Å²) in [4.78, 5) is 0. The average Bonchev–Trinajstić information content (AvgIpc) is 2.46. The molecule has 2 aromatic rings. The maximum atomic E-state index is 12.7. The highest BCUT2D eigenvalue weighted by Crippen LogP contribution is 2.19. The van der Waals surface area contributed by atoms with Crippen LogP contribution in [0.25, 0.3) is 11.0 Å². The maximum Gasteiger partial charge on any atom is 0.134 e. The molecule has 0 atom stereocenters. The molecule has 0 radical (unpaired) electrons. The van der Waals surface area contributed by atoms with Crippen molar-refractivity contribution in [2.75, 3.05) is 0 Å². The predicted octanol–water partition coefficient (Wildman–Crippen LogP) is 2.45. The zero-order valence-corrected chi connectivity index (χ0v) is 7.60. The third-order valence-corrected chi connectivity index (χ3v) is 1.73. The molecule has 0 aliphatic rings. The number of halogens is 2. The predicted molar refractivity (Wildman–Crippen MR) is 51.3 cm³/mol. The Kier molecular flexibility index (Phi) is 2.90.